The molecule has 1 aromatic rings. The number of methoxy groups -OCH3 is 3. The van der Waals surface area contributed by atoms with E-state index in [4.69, 9.17) is 18.6 Å². The Kier molecular flexibility index (Phi) is 3.42. The molecular weight excluding hydrogens is 220 g/mol. The summed E-state index contributed by atoms with van der Waals surface area (Å²) in [5.41, 5.74) is 0. The van der Waals surface area contributed by atoms with E-state index in [1.54, 1.807) is 27.6 Å². The second-order valence-corrected chi connectivity index (χ2v) is 3.72. The average Bonchev–Trinajstić information content (AvgIpc) is 2.90. The highest BCUT2D eigenvalue weighted by atomic mass is 16.5. The van der Waals surface area contributed by atoms with Crippen LogP contribution in [-0.2, 0) is 14.2 Å². The first-order valence-electron chi connectivity index (χ1n) is 5.40. The van der Waals surface area contributed by atoms with Gasteiger partial charge in [-0.2, -0.15) is 0 Å². The first-order valence-corrected chi connectivity index (χ1v) is 5.40. The minimum atomic E-state index is 0.119. The van der Waals surface area contributed by atoms with E-state index in [0.29, 0.717) is 17.9 Å². The fourth-order valence-corrected chi connectivity index (χ4v) is 1.98. The largest absolute Gasteiger partial charge is 0.497 e. The maximum absolute atomic E-state index is 5.41. The zero-order chi connectivity index (χ0) is 12.3. The third-order valence-electron chi connectivity index (χ3n) is 2.81. The zero-order valence-electron chi connectivity index (χ0n) is 10.2. The fourth-order valence-electron chi connectivity index (χ4n) is 1.98. The molecule has 1 aliphatic rings. The molecule has 0 saturated heterocycles. The number of hydrogen-bond donors (Lipinski definition) is 0. The van der Waals surface area contributed by atoms with Crippen LogP contribution < -0.4 is 0 Å². The normalized spacial score (nSPS) is 19.9. The lowest BCUT2D eigenvalue weighted by Gasteiger charge is -2.23. The molecule has 1 aliphatic carbocycles. The molecule has 0 spiro atoms. The first-order chi connectivity index (χ1) is 8.30. The Morgan fingerprint density at radius 1 is 1.18 bits per heavy atom. The molecule has 0 aliphatic heterocycles. The third kappa shape index (κ3) is 2.16. The average molecular weight is 236 g/mol. The first kappa shape index (κ1) is 11.6. The van der Waals surface area contributed by atoms with E-state index in [-0.39, 0.29) is 5.92 Å². The molecule has 4 heteroatoms. The van der Waals surface area contributed by atoms with E-state index >= 15 is 0 Å². The fraction of sp³-hybridized carbons (Fsp3) is 0.385. The summed E-state index contributed by atoms with van der Waals surface area (Å²) >= 11 is 0. The Hall–Kier alpha value is -1.84. The Morgan fingerprint density at radius 2 is 2.00 bits per heavy atom. The van der Waals surface area contributed by atoms with Crippen LogP contribution in [0, 0.1) is 0 Å². The molecule has 0 saturated carbocycles. The van der Waals surface area contributed by atoms with Gasteiger partial charge in [0.2, 0.25) is 0 Å². The molecule has 0 radical (unpaired) electrons. The summed E-state index contributed by atoms with van der Waals surface area (Å²) in [6, 6.07) is 3.82. The van der Waals surface area contributed by atoms with Crippen molar-refractivity contribution in [2.45, 2.75) is 12.3 Å². The molecule has 2 rings (SSSR count). The van der Waals surface area contributed by atoms with Crippen LogP contribution >= 0.6 is 0 Å². The van der Waals surface area contributed by atoms with Gasteiger partial charge in [-0.25, -0.2) is 0 Å². The number of rotatable bonds is 4. The van der Waals surface area contributed by atoms with Gasteiger partial charge in [0.25, 0.3) is 0 Å². The molecule has 0 aromatic carbocycles. The standard InChI is InChI=1S/C13H16O4/c1-14-11-7-9(10-5-4-6-17-10)8-12(15-2)13(11)16-3/h4-7,9H,8H2,1-3H3. The molecular formula is C13H16O4. The number of hydrogen-bond acceptors (Lipinski definition) is 4. The van der Waals surface area contributed by atoms with Crippen molar-refractivity contribution in [2.75, 3.05) is 21.3 Å². The number of allylic oxidation sites excluding steroid dienone is 2. The highest BCUT2D eigenvalue weighted by Crippen LogP contribution is 2.35. The second-order valence-electron chi connectivity index (χ2n) is 3.72. The van der Waals surface area contributed by atoms with Gasteiger partial charge < -0.3 is 18.6 Å². The summed E-state index contributed by atoms with van der Waals surface area (Å²) in [5.74, 6) is 3.11. The van der Waals surface area contributed by atoms with Crippen molar-refractivity contribution >= 4 is 0 Å². The lowest BCUT2D eigenvalue weighted by molar-refractivity contribution is 0.169. The van der Waals surface area contributed by atoms with Gasteiger partial charge in [0.05, 0.1) is 27.6 Å². The van der Waals surface area contributed by atoms with Crippen molar-refractivity contribution in [3.05, 3.63) is 47.5 Å². The lowest BCUT2D eigenvalue weighted by atomic mass is 9.95. The summed E-state index contributed by atoms with van der Waals surface area (Å²) in [6.07, 6.45) is 4.36. The van der Waals surface area contributed by atoms with Crippen LogP contribution in [0.2, 0.25) is 0 Å². The Morgan fingerprint density at radius 3 is 2.53 bits per heavy atom. The molecule has 0 N–H and O–H groups in total. The predicted octanol–water partition coefficient (Wildman–Crippen LogP) is 2.80. The van der Waals surface area contributed by atoms with Gasteiger partial charge in [-0.1, -0.05) is 0 Å². The van der Waals surface area contributed by atoms with Gasteiger partial charge in [-0.3, -0.25) is 0 Å². The molecule has 1 heterocycles. The molecule has 1 aromatic heterocycles. The van der Waals surface area contributed by atoms with Crippen molar-refractivity contribution < 1.29 is 18.6 Å². The van der Waals surface area contributed by atoms with Crippen LogP contribution in [0.3, 0.4) is 0 Å². The highest BCUT2D eigenvalue weighted by Gasteiger charge is 2.27. The van der Waals surface area contributed by atoms with Crippen LogP contribution in [0.15, 0.2) is 46.2 Å². The maximum Gasteiger partial charge on any atom is 0.198 e. The Balaban J connectivity index is 2.33. The van der Waals surface area contributed by atoms with Crippen molar-refractivity contribution in [1.82, 2.24) is 0 Å². The van der Waals surface area contributed by atoms with Gasteiger partial charge in [0, 0.05) is 12.3 Å². The van der Waals surface area contributed by atoms with Crippen LogP contribution in [0.5, 0.6) is 0 Å². The smallest absolute Gasteiger partial charge is 0.198 e. The van der Waals surface area contributed by atoms with Crippen molar-refractivity contribution in [3.63, 3.8) is 0 Å². The summed E-state index contributed by atoms with van der Waals surface area (Å²) in [5, 5.41) is 0. The van der Waals surface area contributed by atoms with Gasteiger partial charge in [0.15, 0.2) is 11.5 Å². The SMILES string of the molecule is COC1=CC(c2ccco2)CC(OC)=C1OC. The van der Waals surface area contributed by atoms with Gasteiger partial charge >= 0.3 is 0 Å². The highest BCUT2D eigenvalue weighted by molar-refractivity contribution is 5.33. The van der Waals surface area contributed by atoms with Crippen molar-refractivity contribution in [1.29, 1.82) is 0 Å². The monoisotopic (exact) mass is 236 g/mol. The molecule has 0 fully saturated rings. The van der Waals surface area contributed by atoms with Gasteiger partial charge in [-0.15, -0.1) is 0 Å². The van der Waals surface area contributed by atoms with Crippen LogP contribution in [-0.4, -0.2) is 21.3 Å². The Labute approximate surface area is 100 Å². The molecule has 4 nitrogen and oxygen atoms in total. The maximum atomic E-state index is 5.41. The third-order valence-corrected chi connectivity index (χ3v) is 2.81. The minimum absolute atomic E-state index is 0.119. The zero-order valence-corrected chi connectivity index (χ0v) is 10.2. The number of ether oxygens (including phenoxy) is 3. The quantitative estimate of drug-likeness (QED) is 0.806. The van der Waals surface area contributed by atoms with Gasteiger partial charge in [0.1, 0.15) is 11.5 Å². The molecule has 1 atom stereocenters. The van der Waals surface area contributed by atoms with Crippen molar-refractivity contribution in [2.24, 2.45) is 0 Å². The number of furan rings is 1. The minimum Gasteiger partial charge on any atom is -0.497 e. The van der Waals surface area contributed by atoms with E-state index in [9.17, 15) is 0 Å². The topological polar surface area (TPSA) is 40.8 Å². The summed E-state index contributed by atoms with van der Waals surface area (Å²) in [7, 11) is 4.85. The lowest BCUT2D eigenvalue weighted by Crippen LogP contribution is -2.12. The molecule has 92 valence electrons. The summed E-state index contributed by atoms with van der Waals surface area (Å²) < 4.78 is 21.4. The molecule has 1 unspecified atom stereocenters. The van der Waals surface area contributed by atoms with Crippen LogP contribution in [0.1, 0.15) is 18.1 Å². The van der Waals surface area contributed by atoms with Gasteiger partial charge in [-0.05, 0) is 18.2 Å². The van der Waals surface area contributed by atoms with E-state index in [1.165, 1.54) is 0 Å². The van der Waals surface area contributed by atoms with Crippen LogP contribution in [0.4, 0.5) is 0 Å². The van der Waals surface area contributed by atoms with E-state index in [0.717, 1.165) is 11.5 Å². The van der Waals surface area contributed by atoms with Crippen molar-refractivity contribution in [3.8, 4) is 0 Å². The summed E-state index contributed by atoms with van der Waals surface area (Å²) in [6.45, 7) is 0. The molecule has 0 amide bonds. The molecule has 17 heavy (non-hydrogen) atoms. The van der Waals surface area contributed by atoms with Crippen LogP contribution in [0.25, 0.3) is 0 Å². The van der Waals surface area contributed by atoms with E-state index in [2.05, 4.69) is 0 Å². The van der Waals surface area contributed by atoms with E-state index < -0.39 is 0 Å². The van der Waals surface area contributed by atoms with E-state index in [1.807, 2.05) is 18.2 Å². The molecule has 0 bridgehead atoms. The second kappa shape index (κ2) is 4.99. The Bertz CT molecular complexity index is 428. The predicted molar refractivity (Wildman–Crippen MR) is 62.2 cm³/mol. The summed E-state index contributed by atoms with van der Waals surface area (Å²) in [4.78, 5) is 0.